The minimum absolute atomic E-state index is 0.137. The van der Waals surface area contributed by atoms with Gasteiger partial charge in [0.15, 0.2) is 0 Å². The molecule has 0 aromatic heterocycles. The van der Waals surface area contributed by atoms with E-state index >= 15 is 0 Å². The van der Waals surface area contributed by atoms with Crippen LogP contribution in [0.5, 0.6) is 0 Å². The molecule has 0 unspecified atom stereocenters. The number of hydrogen-bond acceptors (Lipinski definition) is 4. The monoisotopic (exact) mass is 481 g/mol. The van der Waals surface area contributed by atoms with E-state index in [1.165, 1.54) is 56.0 Å². The summed E-state index contributed by atoms with van der Waals surface area (Å²) in [5.41, 5.74) is -0.760. The van der Waals surface area contributed by atoms with Crippen molar-refractivity contribution >= 4 is 21.6 Å². The Hall–Kier alpha value is -2.59. The van der Waals surface area contributed by atoms with Gasteiger partial charge in [0.05, 0.1) is 10.5 Å². The van der Waals surface area contributed by atoms with E-state index in [1.807, 2.05) is 0 Å². The summed E-state index contributed by atoms with van der Waals surface area (Å²) in [6.45, 7) is 2.94. The molecule has 0 radical (unpaired) electrons. The van der Waals surface area contributed by atoms with Gasteiger partial charge in [0, 0.05) is 43.5 Å². The van der Waals surface area contributed by atoms with Crippen molar-refractivity contribution in [1.82, 2.24) is 9.80 Å². The predicted molar refractivity (Wildman–Crippen MR) is 118 cm³/mol. The molecule has 2 aliphatic rings. The van der Waals surface area contributed by atoms with E-state index in [9.17, 15) is 26.4 Å². The molecule has 178 valence electrons. The third-order valence-electron chi connectivity index (χ3n) is 6.30. The first-order chi connectivity index (χ1) is 15.6. The number of carbonyl (C=O) groups excluding carboxylic acids is 1. The van der Waals surface area contributed by atoms with E-state index in [0.29, 0.717) is 24.7 Å². The molecule has 1 amide bonds. The minimum atomic E-state index is -4.58. The van der Waals surface area contributed by atoms with Gasteiger partial charge in [-0.05, 0) is 55.3 Å². The first kappa shape index (κ1) is 23.6. The lowest BCUT2D eigenvalue weighted by atomic mass is 10.1. The summed E-state index contributed by atoms with van der Waals surface area (Å²) in [6, 6.07) is 10.1. The van der Waals surface area contributed by atoms with Crippen LogP contribution in [0.3, 0.4) is 0 Å². The highest BCUT2D eigenvalue weighted by Gasteiger charge is 2.31. The zero-order valence-corrected chi connectivity index (χ0v) is 18.8. The molecule has 10 heteroatoms. The Labute approximate surface area is 191 Å². The summed E-state index contributed by atoms with van der Waals surface area (Å²) in [5, 5.41) is 0. The third kappa shape index (κ3) is 5.50. The van der Waals surface area contributed by atoms with Gasteiger partial charge in [-0.15, -0.1) is 0 Å². The van der Waals surface area contributed by atoms with Crippen LogP contribution < -0.4 is 4.72 Å². The molecule has 1 aliphatic heterocycles. The number of anilines is 1. The number of benzene rings is 2. The van der Waals surface area contributed by atoms with Crippen molar-refractivity contribution in [1.29, 1.82) is 0 Å². The van der Waals surface area contributed by atoms with Crippen molar-refractivity contribution in [2.75, 3.05) is 30.9 Å². The van der Waals surface area contributed by atoms with Crippen LogP contribution in [0, 0.1) is 0 Å². The molecule has 33 heavy (non-hydrogen) atoms. The number of carbonyl (C=O) groups is 1. The van der Waals surface area contributed by atoms with E-state index in [-0.39, 0.29) is 16.5 Å². The summed E-state index contributed by atoms with van der Waals surface area (Å²) in [7, 11) is -4.11. The van der Waals surface area contributed by atoms with Crippen LogP contribution in [0.4, 0.5) is 18.9 Å². The van der Waals surface area contributed by atoms with Gasteiger partial charge in [0.2, 0.25) is 0 Å². The highest BCUT2D eigenvalue weighted by atomic mass is 32.2. The molecule has 2 aromatic rings. The molecule has 1 N–H and O–H groups in total. The molecule has 1 saturated heterocycles. The Bertz CT molecular complexity index is 1090. The second kappa shape index (κ2) is 9.34. The number of nitrogens with one attached hydrogen (secondary N) is 1. The first-order valence-electron chi connectivity index (χ1n) is 11.0. The van der Waals surface area contributed by atoms with Crippen molar-refractivity contribution in [2.24, 2.45) is 0 Å². The van der Waals surface area contributed by atoms with Gasteiger partial charge in [-0.25, -0.2) is 8.42 Å². The van der Waals surface area contributed by atoms with Gasteiger partial charge < -0.3 is 4.90 Å². The third-order valence-corrected chi connectivity index (χ3v) is 7.69. The quantitative estimate of drug-likeness (QED) is 0.695. The van der Waals surface area contributed by atoms with E-state index in [1.54, 1.807) is 4.90 Å². The van der Waals surface area contributed by atoms with Crippen LogP contribution in [0.15, 0.2) is 53.4 Å². The number of hydrogen-bond donors (Lipinski definition) is 1. The molecule has 1 heterocycles. The van der Waals surface area contributed by atoms with Crippen LogP contribution in [-0.4, -0.2) is 56.3 Å². The summed E-state index contributed by atoms with van der Waals surface area (Å²) < 4.78 is 66.0. The minimum Gasteiger partial charge on any atom is -0.336 e. The fourth-order valence-corrected chi connectivity index (χ4v) is 5.54. The van der Waals surface area contributed by atoms with Crippen LogP contribution in [-0.2, 0) is 16.2 Å². The summed E-state index contributed by atoms with van der Waals surface area (Å²) in [4.78, 5) is 16.9. The van der Waals surface area contributed by atoms with E-state index in [2.05, 4.69) is 9.62 Å². The van der Waals surface area contributed by atoms with Gasteiger partial charge in [-0.2, -0.15) is 13.2 Å². The molecular formula is C23H26F3N3O3S. The van der Waals surface area contributed by atoms with E-state index in [0.717, 1.165) is 31.3 Å². The fourth-order valence-electron chi connectivity index (χ4n) is 4.49. The maximum atomic E-state index is 12.9. The summed E-state index contributed by atoms with van der Waals surface area (Å²) >= 11 is 0. The fraction of sp³-hybridized carbons (Fsp3) is 0.435. The van der Waals surface area contributed by atoms with Gasteiger partial charge in [-0.3, -0.25) is 14.4 Å². The van der Waals surface area contributed by atoms with Gasteiger partial charge >= 0.3 is 6.18 Å². The zero-order valence-electron chi connectivity index (χ0n) is 18.0. The molecule has 0 atom stereocenters. The lowest BCUT2D eigenvalue weighted by Crippen LogP contribution is -2.51. The van der Waals surface area contributed by atoms with Gasteiger partial charge in [0.25, 0.3) is 15.9 Å². The van der Waals surface area contributed by atoms with Crippen molar-refractivity contribution in [3.05, 3.63) is 59.7 Å². The lowest BCUT2D eigenvalue weighted by molar-refractivity contribution is -0.137. The first-order valence-corrected chi connectivity index (χ1v) is 12.5. The molecule has 0 bridgehead atoms. The SMILES string of the molecule is O=C(c1ccc(S(=O)(=O)Nc2cccc(C(F)(F)F)c2)cc1)N1CCN(C2CCCC2)CC1. The van der Waals surface area contributed by atoms with Crippen LogP contribution in [0.25, 0.3) is 0 Å². The number of piperazine rings is 1. The molecule has 6 nitrogen and oxygen atoms in total. The second-order valence-electron chi connectivity index (χ2n) is 8.47. The molecule has 1 saturated carbocycles. The topological polar surface area (TPSA) is 69.7 Å². The number of nitrogens with zero attached hydrogens (tertiary/aromatic N) is 2. The highest BCUT2D eigenvalue weighted by Crippen LogP contribution is 2.31. The van der Waals surface area contributed by atoms with Crippen LogP contribution in [0.1, 0.15) is 41.6 Å². The Morgan fingerprint density at radius 2 is 1.58 bits per heavy atom. The molecule has 2 aromatic carbocycles. The Kier molecular flexibility index (Phi) is 6.67. The number of rotatable bonds is 5. The Morgan fingerprint density at radius 1 is 0.939 bits per heavy atom. The second-order valence-corrected chi connectivity index (χ2v) is 10.2. The normalized spacial score (nSPS) is 18.5. The Morgan fingerprint density at radius 3 is 2.18 bits per heavy atom. The number of amides is 1. The van der Waals surface area contributed by atoms with Crippen LogP contribution in [0.2, 0.25) is 0 Å². The standard InChI is InChI=1S/C23H26F3N3O3S/c24-23(25,26)18-4-3-5-19(16-18)27-33(31,32)21-10-8-17(9-11-21)22(30)29-14-12-28(13-15-29)20-6-1-2-7-20/h3-5,8-11,16,20,27H,1-2,6-7,12-15H2. The van der Waals surface area contributed by atoms with E-state index in [4.69, 9.17) is 0 Å². The summed E-state index contributed by atoms with van der Waals surface area (Å²) in [5.74, 6) is -0.157. The zero-order chi connectivity index (χ0) is 23.6. The van der Waals surface area contributed by atoms with Crippen molar-refractivity contribution < 1.29 is 26.4 Å². The molecule has 1 aliphatic carbocycles. The largest absolute Gasteiger partial charge is 0.416 e. The molecule has 4 rings (SSSR count). The maximum absolute atomic E-state index is 12.9. The maximum Gasteiger partial charge on any atom is 0.416 e. The molecular weight excluding hydrogens is 455 g/mol. The predicted octanol–water partition coefficient (Wildman–Crippen LogP) is 4.21. The smallest absolute Gasteiger partial charge is 0.336 e. The van der Waals surface area contributed by atoms with Gasteiger partial charge in [0.1, 0.15) is 0 Å². The van der Waals surface area contributed by atoms with Crippen molar-refractivity contribution in [3.63, 3.8) is 0 Å². The van der Waals surface area contributed by atoms with Gasteiger partial charge in [-0.1, -0.05) is 18.9 Å². The molecule has 2 fully saturated rings. The summed E-state index contributed by atoms with van der Waals surface area (Å²) in [6.07, 6.45) is 0.395. The van der Waals surface area contributed by atoms with Crippen molar-refractivity contribution in [2.45, 2.75) is 42.8 Å². The highest BCUT2D eigenvalue weighted by molar-refractivity contribution is 7.92. The average Bonchev–Trinajstić information content (AvgIpc) is 3.33. The Balaban J connectivity index is 1.40. The number of sulfonamides is 1. The lowest BCUT2D eigenvalue weighted by Gasteiger charge is -2.38. The average molecular weight is 482 g/mol. The molecule has 0 spiro atoms. The van der Waals surface area contributed by atoms with E-state index < -0.39 is 21.8 Å². The van der Waals surface area contributed by atoms with Crippen molar-refractivity contribution in [3.8, 4) is 0 Å². The number of alkyl halides is 3. The number of halogens is 3. The van der Waals surface area contributed by atoms with Crippen LogP contribution >= 0.6 is 0 Å².